The number of non-ortho nitro benzene ring substituents is 1. The highest BCUT2D eigenvalue weighted by Gasteiger charge is 2.14. The molecule has 0 unspecified atom stereocenters. The third kappa shape index (κ3) is 2.41. The molecule has 3 rings (SSSR count). The lowest BCUT2D eigenvalue weighted by Gasteiger charge is -2.05. The topological polar surface area (TPSA) is 68.9 Å². The maximum Gasteiger partial charge on any atom is 0.270 e. The Hall–Kier alpha value is -2.60. The van der Waals surface area contributed by atoms with Gasteiger partial charge in [0, 0.05) is 17.5 Å². The molecule has 21 heavy (non-hydrogen) atoms. The lowest BCUT2D eigenvalue weighted by atomic mass is 10.1. The van der Waals surface area contributed by atoms with E-state index < -0.39 is 10.7 Å². The SMILES string of the molecule is O=[N+]([O-])c1ccc2nc(-c3ccccc3F)nc(Cl)c2c1. The highest BCUT2D eigenvalue weighted by Crippen LogP contribution is 2.28. The van der Waals surface area contributed by atoms with Crippen LogP contribution in [0.25, 0.3) is 22.3 Å². The normalized spacial score (nSPS) is 10.8. The Labute approximate surface area is 123 Å². The summed E-state index contributed by atoms with van der Waals surface area (Å²) in [6, 6.07) is 10.1. The van der Waals surface area contributed by atoms with Crippen LogP contribution in [0.15, 0.2) is 42.5 Å². The molecule has 0 fully saturated rings. The largest absolute Gasteiger partial charge is 0.270 e. The smallest absolute Gasteiger partial charge is 0.258 e. The molecule has 0 spiro atoms. The number of hydrogen-bond acceptors (Lipinski definition) is 4. The maximum absolute atomic E-state index is 13.8. The Morgan fingerprint density at radius 3 is 2.62 bits per heavy atom. The molecule has 2 aromatic carbocycles. The van der Waals surface area contributed by atoms with E-state index in [1.165, 1.54) is 30.3 Å². The summed E-state index contributed by atoms with van der Waals surface area (Å²) in [5.74, 6) is -0.325. The average molecular weight is 304 g/mol. The second-order valence-electron chi connectivity index (χ2n) is 4.28. The minimum Gasteiger partial charge on any atom is -0.258 e. The second kappa shape index (κ2) is 5.06. The second-order valence-corrected chi connectivity index (χ2v) is 4.63. The van der Waals surface area contributed by atoms with Crippen LogP contribution in [-0.4, -0.2) is 14.9 Å². The number of aromatic nitrogens is 2. The van der Waals surface area contributed by atoms with Crippen molar-refractivity contribution in [2.75, 3.05) is 0 Å². The van der Waals surface area contributed by atoms with Crippen LogP contribution in [0.1, 0.15) is 0 Å². The van der Waals surface area contributed by atoms with Gasteiger partial charge in [0.1, 0.15) is 11.0 Å². The van der Waals surface area contributed by atoms with Crippen LogP contribution >= 0.6 is 11.6 Å². The van der Waals surface area contributed by atoms with E-state index in [9.17, 15) is 14.5 Å². The van der Waals surface area contributed by atoms with Gasteiger partial charge in [0.2, 0.25) is 0 Å². The summed E-state index contributed by atoms with van der Waals surface area (Å²) in [4.78, 5) is 18.5. The number of fused-ring (bicyclic) bond motifs is 1. The number of halogens is 2. The maximum atomic E-state index is 13.8. The third-order valence-corrected chi connectivity index (χ3v) is 3.25. The van der Waals surface area contributed by atoms with Gasteiger partial charge < -0.3 is 0 Å². The lowest BCUT2D eigenvalue weighted by Crippen LogP contribution is -1.95. The zero-order valence-electron chi connectivity index (χ0n) is 10.5. The molecule has 0 aliphatic rings. The zero-order chi connectivity index (χ0) is 15.0. The summed E-state index contributed by atoms with van der Waals surface area (Å²) in [6.07, 6.45) is 0. The van der Waals surface area contributed by atoms with E-state index in [-0.39, 0.29) is 22.2 Å². The van der Waals surface area contributed by atoms with Gasteiger partial charge in [-0.05, 0) is 18.2 Å². The predicted molar refractivity (Wildman–Crippen MR) is 76.6 cm³/mol. The Morgan fingerprint density at radius 2 is 1.90 bits per heavy atom. The number of nitro groups is 1. The highest BCUT2D eigenvalue weighted by atomic mass is 35.5. The van der Waals surface area contributed by atoms with Crippen molar-refractivity contribution in [3.63, 3.8) is 0 Å². The van der Waals surface area contributed by atoms with Crippen LogP contribution in [0, 0.1) is 15.9 Å². The van der Waals surface area contributed by atoms with Gasteiger partial charge in [0.05, 0.1) is 16.0 Å². The first-order valence-electron chi connectivity index (χ1n) is 5.93. The van der Waals surface area contributed by atoms with Crippen LogP contribution in [0.5, 0.6) is 0 Å². The number of nitro benzene ring substituents is 1. The van der Waals surface area contributed by atoms with Gasteiger partial charge in [-0.25, -0.2) is 14.4 Å². The first kappa shape index (κ1) is 13.4. The molecule has 0 N–H and O–H groups in total. The van der Waals surface area contributed by atoms with Gasteiger partial charge in [0.15, 0.2) is 5.82 Å². The lowest BCUT2D eigenvalue weighted by molar-refractivity contribution is -0.384. The van der Waals surface area contributed by atoms with Crippen molar-refractivity contribution < 1.29 is 9.31 Å². The molecule has 0 saturated carbocycles. The molecule has 1 aromatic heterocycles. The van der Waals surface area contributed by atoms with Crippen LogP contribution < -0.4 is 0 Å². The molecule has 104 valence electrons. The number of nitrogens with zero attached hydrogens (tertiary/aromatic N) is 3. The molecular formula is C14H7ClFN3O2. The minimum atomic E-state index is -0.527. The molecule has 3 aromatic rings. The van der Waals surface area contributed by atoms with E-state index in [0.717, 1.165) is 0 Å². The van der Waals surface area contributed by atoms with E-state index >= 15 is 0 Å². The Morgan fingerprint density at radius 1 is 1.14 bits per heavy atom. The number of rotatable bonds is 2. The predicted octanol–water partition coefficient (Wildman–Crippen LogP) is 4.00. The van der Waals surface area contributed by atoms with Crippen LogP contribution in [-0.2, 0) is 0 Å². The summed E-state index contributed by atoms with van der Waals surface area (Å²) >= 11 is 6.04. The van der Waals surface area contributed by atoms with Crippen LogP contribution in [0.2, 0.25) is 5.15 Å². The molecule has 7 heteroatoms. The quantitative estimate of drug-likeness (QED) is 0.407. The fourth-order valence-corrected chi connectivity index (χ4v) is 2.19. The van der Waals surface area contributed by atoms with Gasteiger partial charge in [-0.3, -0.25) is 10.1 Å². The molecule has 0 atom stereocenters. The van der Waals surface area contributed by atoms with E-state index in [1.54, 1.807) is 12.1 Å². The van der Waals surface area contributed by atoms with Crippen molar-refractivity contribution >= 4 is 28.2 Å². The van der Waals surface area contributed by atoms with Crippen molar-refractivity contribution in [2.24, 2.45) is 0 Å². The summed E-state index contributed by atoms with van der Waals surface area (Å²) in [6.45, 7) is 0. The van der Waals surface area contributed by atoms with Crippen LogP contribution in [0.3, 0.4) is 0 Å². The van der Waals surface area contributed by atoms with E-state index in [4.69, 9.17) is 11.6 Å². The summed E-state index contributed by atoms with van der Waals surface area (Å²) in [5.41, 5.74) is 0.533. The number of benzene rings is 2. The molecule has 0 aliphatic heterocycles. The first-order chi connectivity index (χ1) is 10.1. The fraction of sp³-hybridized carbons (Fsp3) is 0. The van der Waals surface area contributed by atoms with Crippen molar-refractivity contribution in [3.05, 3.63) is 63.5 Å². The monoisotopic (exact) mass is 303 g/mol. The standard InChI is InChI=1S/C14H7ClFN3O2/c15-13-10-7-8(19(20)21)5-6-12(10)17-14(18-13)9-3-1-2-4-11(9)16/h1-7H. The third-order valence-electron chi connectivity index (χ3n) is 2.96. The average Bonchev–Trinajstić information content (AvgIpc) is 2.47. The van der Waals surface area contributed by atoms with Crippen LogP contribution in [0.4, 0.5) is 10.1 Å². The van der Waals surface area contributed by atoms with Gasteiger partial charge in [-0.15, -0.1) is 0 Å². The zero-order valence-corrected chi connectivity index (χ0v) is 11.2. The summed E-state index contributed by atoms with van der Waals surface area (Å²) in [5, 5.41) is 11.2. The Kier molecular flexibility index (Phi) is 3.23. The molecule has 0 aliphatic carbocycles. The Balaban J connectivity index is 2.23. The fourth-order valence-electron chi connectivity index (χ4n) is 1.96. The molecule has 0 bridgehead atoms. The van der Waals surface area contributed by atoms with Gasteiger partial charge in [-0.1, -0.05) is 23.7 Å². The first-order valence-corrected chi connectivity index (χ1v) is 6.30. The molecule has 0 radical (unpaired) electrons. The van der Waals surface area contributed by atoms with Crippen molar-refractivity contribution in [3.8, 4) is 11.4 Å². The molecule has 0 saturated heterocycles. The van der Waals surface area contributed by atoms with E-state index in [0.29, 0.717) is 10.9 Å². The minimum absolute atomic E-state index is 0.0435. The molecule has 1 heterocycles. The van der Waals surface area contributed by atoms with E-state index in [2.05, 4.69) is 9.97 Å². The highest BCUT2D eigenvalue weighted by molar-refractivity contribution is 6.34. The van der Waals surface area contributed by atoms with Gasteiger partial charge in [0.25, 0.3) is 5.69 Å². The summed E-state index contributed by atoms with van der Waals surface area (Å²) in [7, 11) is 0. The van der Waals surface area contributed by atoms with Gasteiger partial charge in [-0.2, -0.15) is 0 Å². The molecular weight excluding hydrogens is 297 g/mol. The van der Waals surface area contributed by atoms with Crippen molar-refractivity contribution in [2.45, 2.75) is 0 Å². The van der Waals surface area contributed by atoms with E-state index in [1.807, 2.05) is 0 Å². The molecule has 0 amide bonds. The van der Waals surface area contributed by atoms with Gasteiger partial charge >= 0.3 is 0 Å². The molecule has 5 nitrogen and oxygen atoms in total. The Bertz CT molecular complexity index is 870. The number of hydrogen-bond donors (Lipinski definition) is 0. The van der Waals surface area contributed by atoms with Crippen molar-refractivity contribution in [1.82, 2.24) is 9.97 Å². The van der Waals surface area contributed by atoms with Crippen molar-refractivity contribution in [1.29, 1.82) is 0 Å². The summed E-state index contributed by atoms with van der Waals surface area (Å²) < 4.78 is 13.8.